The number of thiazole rings is 2. The molecule has 4 amide bonds. The van der Waals surface area contributed by atoms with Crippen molar-refractivity contribution in [2.24, 2.45) is 10.3 Å². The summed E-state index contributed by atoms with van der Waals surface area (Å²) in [4.78, 5) is 124. The standard InChI is InChI=1S/C39H41N11O15S4/c1-38(2,34(60)61)64-47-21(18-14-68-36(40)41-18)26(52)43-23(29-45-20(32(56)57)17(11-51)13-66-29)28(54)46-37-42-19(15-69-37)22(48-65-39(3,4)35(62)63)27(53)44-24-30(55)50-25(33(58)59)16(12-67-31(24)50)10-49-8-6-5-7-9-49/h5-9,14-15,23-24,29,31,45,51H,10-13H2,1-4H3,(H8-,40,41,42,43,44,46,52,53,54,56,57,58,59,60,61,62,63)/b47-21-,48-22-/t23-,24-,29-,31-/m1/s1. The molecule has 6 rings (SSSR count). The van der Waals surface area contributed by atoms with Crippen LogP contribution in [0.15, 0.2) is 74.2 Å². The molecule has 0 bridgehead atoms. The van der Waals surface area contributed by atoms with E-state index in [0.29, 0.717) is 16.9 Å². The third-order valence-electron chi connectivity index (χ3n) is 9.96. The molecule has 69 heavy (non-hydrogen) atoms. The molecule has 0 saturated carbocycles. The maximum atomic E-state index is 14.2. The zero-order valence-electron chi connectivity index (χ0n) is 36.4. The Balaban J connectivity index is 1.28. The third kappa shape index (κ3) is 11.6. The van der Waals surface area contributed by atoms with E-state index in [-0.39, 0.29) is 51.0 Å². The first-order chi connectivity index (χ1) is 32.5. The fraction of sp³-hybridized carbons (Fsp3) is 0.359. The van der Waals surface area contributed by atoms with Crippen LogP contribution in [0.5, 0.6) is 0 Å². The molecule has 10 N–H and O–H groups in total. The summed E-state index contributed by atoms with van der Waals surface area (Å²) in [6.07, 6.45) is 3.43. The number of nitrogens with one attached hydrogen (secondary N) is 4. The maximum absolute atomic E-state index is 14.2. The average molecular weight is 1030 g/mol. The number of hydrogen-bond acceptors (Lipinski definition) is 22. The number of carbonyl (C=O) groups excluding carboxylic acids is 5. The summed E-state index contributed by atoms with van der Waals surface area (Å²) in [6.45, 7) is 4.02. The van der Waals surface area contributed by atoms with Gasteiger partial charge in [0.25, 0.3) is 23.6 Å². The number of aromatic nitrogens is 3. The number of carboxylic acids is 4. The van der Waals surface area contributed by atoms with E-state index in [4.69, 9.17) is 15.4 Å². The van der Waals surface area contributed by atoms with Crippen LogP contribution in [0.4, 0.5) is 10.3 Å². The van der Waals surface area contributed by atoms with Gasteiger partial charge in [0.2, 0.25) is 11.2 Å². The van der Waals surface area contributed by atoms with E-state index in [1.807, 2.05) is 0 Å². The van der Waals surface area contributed by atoms with Crippen molar-refractivity contribution in [3.63, 3.8) is 0 Å². The molecule has 3 aromatic heterocycles. The molecule has 3 aliphatic rings. The number of nitrogens with two attached hydrogens (primary N) is 1. The minimum absolute atomic E-state index is 0.0220. The molecule has 0 aliphatic carbocycles. The van der Waals surface area contributed by atoms with Crippen molar-refractivity contribution >= 4 is 115 Å². The van der Waals surface area contributed by atoms with Crippen LogP contribution in [0.3, 0.4) is 0 Å². The van der Waals surface area contributed by atoms with E-state index in [9.17, 15) is 63.9 Å². The summed E-state index contributed by atoms with van der Waals surface area (Å²) < 4.78 is 1.71. The molecule has 1 fully saturated rings. The number of amides is 4. The molecule has 1 saturated heterocycles. The van der Waals surface area contributed by atoms with E-state index < -0.39 is 105 Å². The van der Waals surface area contributed by atoms with Gasteiger partial charge in [0.1, 0.15) is 39.9 Å². The molecule has 0 unspecified atom stereocenters. The van der Waals surface area contributed by atoms with Crippen molar-refractivity contribution in [3.05, 3.63) is 75.3 Å². The molecule has 6 heterocycles. The number of anilines is 2. The highest BCUT2D eigenvalue weighted by molar-refractivity contribution is 8.00. The number of aliphatic hydroxyl groups excluding tert-OH is 1. The lowest BCUT2D eigenvalue weighted by molar-refractivity contribution is -0.689. The van der Waals surface area contributed by atoms with Gasteiger partial charge in [-0.1, -0.05) is 16.4 Å². The number of thioether (sulfide) groups is 2. The van der Waals surface area contributed by atoms with E-state index in [0.717, 1.165) is 55.7 Å². The molecule has 3 aliphatic heterocycles. The maximum Gasteiger partial charge on any atom is 0.352 e. The lowest BCUT2D eigenvalue weighted by atomic mass is 10.0. The summed E-state index contributed by atoms with van der Waals surface area (Å²) >= 11 is 3.68. The Morgan fingerprint density at radius 1 is 0.913 bits per heavy atom. The van der Waals surface area contributed by atoms with E-state index in [2.05, 4.69) is 41.5 Å². The highest BCUT2D eigenvalue weighted by Gasteiger charge is 2.53. The molecule has 26 nitrogen and oxygen atoms in total. The number of aliphatic carboxylic acids is 4. The third-order valence-corrected chi connectivity index (χ3v) is 14.0. The first-order valence-corrected chi connectivity index (χ1v) is 23.7. The zero-order valence-corrected chi connectivity index (χ0v) is 39.6. The highest BCUT2D eigenvalue weighted by Crippen LogP contribution is 2.40. The van der Waals surface area contributed by atoms with Gasteiger partial charge in [0, 0.05) is 40.0 Å². The van der Waals surface area contributed by atoms with Crippen LogP contribution >= 0.6 is 46.2 Å². The number of rotatable bonds is 20. The molecular weight excluding hydrogens is 991 g/mol. The Hall–Kier alpha value is -7.15. The zero-order chi connectivity index (χ0) is 50.5. The van der Waals surface area contributed by atoms with Crippen LogP contribution in [-0.2, 0) is 54.6 Å². The Morgan fingerprint density at radius 3 is 2.07 bits per heavy atom. The monoisotopic (exact) mass is 1030 g/mol. The number of pyridine rings is 1. The molecule has 0 spiro atoms. The van der Waals surface area contributed by atoms with Gasteiger partial charge in [-0.3, -0.25) is 24.1 Å². The Labute approximate surface area is 405 Å². The van der Waals surface area contributed by atoms with Gasteiger partial charge in [-0.25, -0.2) is 28.9 Å². The number of aliphatic hydroxyl groups is 1. The summed E-state index contributed by atoms with van der Waals surface area (Å²) in [5.41, 5.74) is -0.388. The summed E-state index contributed by atoms with van der Waals surface area (Å²) in [5.74, 6) is -10.2. The van der Waals surface area contributed by atoms with E-state index in [1.165, 1.54) is 22.5 Å². The van der Waals surface area contributed by atoms with Gasteiger partial charge in [-0.2, -0.15) is 0 Å². The predicted octanol–water partition coefficient (Wildman–Crippen LogP) is -2.14. The van der Waals surface area contributed by atoms with Crippen molar-refractivity contribution in [1.82, 2.24) is 30.8 Å². The van der Waals surface area contributed by atoms with Crippen LogP contribution in [0.2, 0.25) is 0 Å². The molecule has 30 heteroatoms. The quantitative estimate of drug-likeness (QED) is 0.0252. The Kier molecular flexibility index (Phi) is 15.6. The predicted molar refractivity (Wildman–Crippen MR) is 243 cm³/mol. The van der Waals surface area contributed by atoms with Crippen LogP contribution in [0.1, 0.15) is 39.1 Å². The molecule has 3 aromatic rings. The summed E-state index contributed by atoms with van der Waals surface area (Å²) in [5, 5.41) is 68.9. The minimum atomic E-state index is -2.02. The van der Waals surface area contributed by atoms with Crippen LogP contribution in [0, 0.1) is 0 Å². The topological polar surface area (TPSA) is 391 Å². The summed E-state index contributed by atoms with van der Waals surface area (Å²) in [7, 11) is 0. The lowest BCUT2D eigenvalue weighted by Gasteiger charge is -2.50. The van der Waals surface area contributed by atoms with Gasteiger partial charge in [0.05, 0.1) is 18.3 Å². The first-order valence-electron chi connectivity index (χ1n) is 19.9. The first kappa shape index (κ1) is 51.2. The minimum Gasteiger partial charge on any atom is -0.543 e. The Morgan fingerprint density at radius 2 is 1.51 bits per heavy atom. The fourth-order valence-corrected chi connectivity index (χ4v) is 9.93. The van der Waals surface area contributed by atoms with Gasteiger partial charge < -0.3 is 67.0 Å². The number of oxime groups is 2. The van der Waals surface area contributed by atoms with Crippen molar-refractivity contribution in [2.75, 3.05) is 29.2 Å². The Bertz CT molecular complexity index is 2720. The molecule has 0 aromatic carbocycles. The van der Waals surface area contributed by atoms with Crippen LogP contribution in [0.25, 0.3) is 0 Å². The largest absolute Gasteiger partial charge is 0.543 e. The number of nitrogens with zero attached hydrogens (tertiary/aromatic N) is 6. The number of carbonyl (C=O) groups is 8. The molecular formula is C39H41N11O15S4. The number of carboxylic acid groups (broad SMARTS) is 4. The molecule has 4 atom stereocenters. The number of β-lactam (4-membered cyclic amide) rings is 1. The molecule has 366 valence electrons. The smallest absolute Gasteiger partial charge is 0.352 e. The SMILES string of the molecule is CC(C)(O/N=C(\C(=O)N[C@H](C(=O)Nc1nc(/C(=N/OC(C)(C)C(=O)O)C(=O)N[C@@H]2C(=O)N3C(C(=O)[O-])=C(C[n+]4ccccc4)CS[C@H]23)cs1)[C@@H]1NC(C(=O)O)=C(CO)CS1)c1csc(N)n1)C(=O)O. The van der Waals surface area contributed by atoms with Crippen LogP contribution < -0.4 is 36.7 Å². The van der Waals surface area contributed by atoms with Crippen molar-refractivity contribution in [1.29, 1.82) is 0 Å². The van der Waals surface area contributed by atoms with Crippen molar-refractivity contribution in [2.45, 2.75) is 68.3 Å². The average Bonchev–Trinajstić information content (AvgIpc) is 3.95. The van der Waals surface area contributed by atoms with Gasteiger partial charge in [0.15, 0.2) is 40.6 Å². The second kappa shape index (κ2) is 21.0. The van der Waals surface area contributed by atoms with E-state index >= 15 is 0 Å². The highest BCUT2D eigenvalue weighted by atomic mass is 32.2. The van der Waals surface area contributed by atoms with Gasteiger partial charge in [-0.05, 0) is 33.3 Å². The van der Waals surface area contributed by atoms with Gasteiger partial charge >= 0.3 is 17.9 Å². The van der Waals surface area contributed by atoms with Crippen molar-refractivity contribution < 1.29 is 78.1 Å². The summed E-state index contributed by atoms with van der Waals surface area (Å²) in [6, 6.07) is 2.20. The van der Waals surface area contributed by atoms with Crippen molar-refractivity contribution in [3.8, 4) is 0 Å². The lowest BCUT2D eigenvalue weighted by Crippen LogP contribution is -2.71. The number of hydrogen-bond donors (Lipinski definition) is 9. The van der Waals surface area contributed by atoms with Gasteiger partial charge in [-0.15, -0.1) is 46.2 Å². The number of nitrogen functional groups attached to an aromatic ring is 1. The van der Waals surface area contributed by atoms with Crippen LogP contribution in [-0.4, -0.2) is 146 Å². The second-order valence-electron chi connectivity index (χ2n) is 15.7. The second-order valence-corrected chi connectivity index (χ2v) is 19.7. The fourth-order valence-electron chi connectivity index (χ4n) is 6.14. The van der Waals surface area contributed by atoms with E-state index in [1.54, 1.807) is 35.2 Å². The molecule has 0 radical (unpaired) electrons. The number of fused-ring (bicyclic) bond motifs is 1. The normalized spacial score (nSPS) is 19.1.